The smallest absolute Gasteiger partial charge is 0.119 e. The number of benzene rings is 1. The maximum absolute atomic E-state index is 10.2. The number of ether oxygens (including phenoxy) is 1. The quantitative estimate of drug-likeness (QED) is 0.882. The molecule has 1 saturated heterocycles. The third-order valence-electron chi connectivity index (χ3n) is 4.40. The minimum atomic E-state index is -0.324. The molecule has 0 amide bonds. The summed E-state index contributed by atoms with van der Waals surface area (Å²) in [6.45, 7) is 5.10. The molecule has 4 nitrogen and oxygen atoms in total. The second-order valence-electron chi connectivity index (χ2n) is 5.85. The van der Waals surface area contributed by atoms with Crippen molar-refractivity contribution in [1.82, 2.24) is 4.90 Å². The van der Waals surface area contributed by atoms with Gasteiger partial charge in [-0.3, -0.25) is 4.90 Å². The fourth-order valence-corrected chi connectivity index (χ4v) is 3.70. The van der Waals surface area contributed by atoms with Crippen molar-refractivity contribution in [2.75, 3.05) is 44.7 Å². The fourth-order valence-electron chi connectivity index (χ4n) is 2.95. The number of rotatable bonds is 6. The van der Waals surface area contributed by atoms with Crippen LogP contribution in [0.2, 0.25) is 0 Å². The molecule has 3 rings (SSSR count). The first-order valence-corrected chi connectivity index (χ1v) is 8.97. The summed E-state index contributed by atoms with van der Waals surface area (Å²) in [5, 5.41) is 12.2. The highest BCUT2D eigenvalue weighted by Gasteiger charge is 2.18. The van der Waals surface area contributed by atoms with Gasteiger partial charge in [-0.15, -0.1) is 11.3 Å². The van der Waals surface area contributed by atoms with E-state index in [4.69, 9.17) is 4.74 Å². The number of thiophene rings is 1. The van der Waals surface area contributed by atoms with E-state index in [2.05, 4.69) is 21.9 Å². The van der Waals surface area contributed by atoms with Gasteiger partial charge in [0.25, 0.3) is 0 Å². The molecule has 23 heavy (non-hydrogen) atoms. The number of aliphatic hydroxyl groups is 1. The van der Waals surface area contributed by atoms with Crippen LogP contribution in [-0.2, 0) is 0 Å². The van der Waals surface area contributed by atoms with Crippen molar-refractivity contribution in [1.29, 1.82) is 0 Å². The van der Waals surface area contributed by atoms with Gasteiger partial charge in [-0.05, 0) is 42.1 Å². The molecule has 1 atom stereocenters. The number of methoxy groups -OCH3 is 1. The molecular weight excluding hydrogens is 308 g/mol. The van der Waals surface area contributed by atoms with Gasteiger partial charge in [-0.2, -0.15) is 0 Å². The molecule has 0 aliphatic carbocycles. The maximum Gasteiger partial charge on any atom is 0.119 e. The third-order valence-corrected chi connectivity index (χ3v) is 5.37. The maximum atomic E-state index is 10.2. The molecule has 1 aromatic carbocycles. The Labute approximate surface area is 141 Å². The molecule has 1 fully saturated rings. The van der Waals surface area contributed by atoms with Crippen LogP contribution in [0.3, 0.4) is 0 Å². The molecular formula is C18H24N2O2S. The average molecular weight is 332 g/mol. The van der Waals surface area contributed by atoms with E-state index in [1.54, 1.807) is 18.4 Å². The fraction of sp³-hybridized carbons (Fsp3) is 0.444. The number of hydrogen-bond donors (Lipinski definition) is 1. The van der Waals surface area contributed by atoms with E-state index in [9.17, 15) is 5.11 Å². The summed E-state index contributed by atoms with van der Waals surface area (Å²) < 4.78 is 5.21. The highest BCUT2D eigenvalue weighted by atomic mass is 32.1. The first-order chi connectivity index (χ1) is 11.3. The Hall–Kier alpha value is -1.56. The van der Waals surface area contributed by atoms with Crippen molar-refractivity contribution in [2.45, 2.75) is 12.5 Å². The van der Waals surface area contributed by atoms with Gasteiger partial charge in [0.05, 0.1) is 13.2 Å². The lowest BCUT2D eigenvalue weighted by molar-refractivity contribution is 0.142. The summed E-state index contributed by atoms with van der Waals surface area (Å²) in [5.41, 5.74) is 1.25. The Morgan fingerprint density at radius 2 is 1.87 bits per heavy atom. The summed E-state index contributed by atoms with van der Waals surface area (Å²) in [6.07, 6.45) is 0.484. The van der Waals surface area contributed by atoms with E-state index in [0.717, 1.165) is 49.8 Å². The van der Waals surface area contributed by atoms with Gasteiger partial charge < -0.3 is 14.7 Å². The Kier molecular flexibility index (Phi) is 5.54. The molecule has 0 bridgehead atoms. The standard InChI is InChI=1S/C18H24N2O2S/c1-22-16-6-4-15(5-7-16)20-12-10-19(11-13-20)9-8-17(21)18-3-2-14-23-18/h2-7,14,17,21H,8-13H2,1H3. The van der Waals surface area contributed by atoms with Crippen LogP contribution in [0, 0.1) is 0 Å². The molecule has 2 heterocycles. The average Bonchev–Trinajstić information content (AvgIpc) is 3.15. The highest BCUT2D eigenvalue weighted by molar-refractivity contribution is 7.10. The molecule has 0 saturated carbocycles. The van der Waals surface area contributed by atoms with Crippen LogP contribution >= 0.6 is 11.3 Å². The first kappa shape index (κ1) is 16.3. The molecule has 1 aliphatic heterocycles. The molecule has 1 N–H and O–H groups in total. The minimum absolute atomic E-state index is 0.324. The van der Waals surface area contributed by atoms with E-state index in [-0.39, 0.29) is 6.10 Å². The normalized spacial score (nSPS) is 17.2. The van der Waals surface area contributed by atoms with Gasteiger partial charge in [0.1, 0.15) is 5.75 Å². The van der Waals surface area contributed by atoms with Crippen molar-refractivity contribution >= 4 is 17.0 Å². The number of anilines is 1. The molecule has 2 aromatic rings. The summed E-state index contributed by atoms with van der Waals surface area (Å²) in [7, 11) is 1.69. The predicted molar refractivity (Wildman–Crippen MR) is 95.5 cm³/mol. The summed E-state index contributed by atoms with van der Waals surface area (Å²) in [4.78, 5) is 5.92. The van der Waals surface area contributed by atoms with Crippen molar-refractivity contribution in [2.24, 2.45) is 0 Å². The van der Waals surface area contributed by atoms with Gasteiger partial charge >= 0.3 is 0 Å². The van der Waals surface area contributed by atoms with E-state index in [1.165, 1.54) is 5.69 Å². The van der Waals surface area contributed by atoms with Crippen molar-refractivity contribution in [3.05, 3.63) is 46.7 Å². The van der Waals surface area contributed by atoms with Crippen LogP contribution in [0.15, 0.2) is 41.8 Å². The lowest BCUT2D eigenvalue weighted by Crippen LogP contribution is -2.46. The number of nitrogens with zero attached hydrogens (tertiary/aromatic N) is 2. The van der Waals surface area contributed by atoms with E-state index < -0.39 is 0 Å². The highest BCUT2D eigenvalue weighted by Crippen LogP contribution is 2.23. The van der Waals surface area contributed by atoms with E-state index >= 15 is 0 Å². The second-order valence-corrected chi connectivity index (χ2v) is 6.83. The third kappa shape index (κ3) is 4.25. The largest absolute Gasteiger partial charge is 0.497 e. The lowest BCUT2D eigenvalue weighted by atomic mass is 10.2. The molecule has 0 radical (unpaired) electrons. The zero-order valence-corrected chi connectivity index (χ0v) is 14.3. The van der Waals surface area contributed by atoms with Gasteiger partial charge in [0.15, 0.2) is 0 Å². The number of piperazine rings is 1. The van der Waals surface area contributed by atoms with Crippen molar-refractivity contribution in [3.63, 3.8) is 0 Å². The number of hydrogen-bond acceptors (Lipinski definition) is 5. The van der Waals surface area contributed by atoms with Crippen LogP contribution in [-0.4, -0.2) is 49.8 Å². The summed E-state index contributed by atoms with van der Waals surface area (Å²) in [5.74, 6) is 0.898. The molecule has 1 aromatic heterocycles. The van der Waals surface area contributed by atoms with Crippen molar-refractivity contribution < 1.29 is 9.84 Å². The zero-order chi connectivity index (χ0) is 16.1. The van der Waals surface area contributed by atoms with Crippen LogP contribution in [0.1, 0.15) is 17.4 Å². The Morgan fingerprint density at radius 3 is 2.48 bits per heavy atom. The lowest BCUT2D eigenvalue weighted by Gasteiger charge is -2.36. The predicted octanol–water partition coefficient (Wildman–Crippen LogP) is 3.00. The van der Waals surface area contributed by atoms with Crippen LogP contribution in [0.4, 0.5) is 5.69 Å². The molecule has 0 spiro atoms. The second kappa shape index (κ2) is 7.81. The molecule has 124 valence electrons. The monoisotopic (exact) mass is 332 g/mol. The van der Waals surface area contributed by atoms with Gasteiger partial charge in [0, 0.05) is 43.3 Å². The SMILES string of the molecule is COc1ccc(N2CCN(CCC(O)c3cccs3)CC2)cc1. The van der Waals surface area contributed by atoms with Gasteiger partial charge in [-0.25, -0.2) is 0 Å². The topological polar surface area (TPSA) is 35.9 Å². The van der Waals surface area contributed by atoms with E-state index in [1.807, 2.05) is 29.6 Å². The summed E-state index contributed by atoms with van der Waals surface area (Å²) >= 11 is 1.63. The van der Waals surface area contributed by atoms with Gasteiger partial charge in [-0.1, -0.05) is 6.07 Å². The molecule has 1 unspecified atom stereocenters. The van der Waals surface area contributed by atoms with Gasteiger partial charge in [0.2, 0.25) is 0 Å². The first-order valence-electron chi connectivity index (χ1n) is 8.09. The Bertz CT molecular complexity index is 578. The number of aliphatic hydroxyl groups excluding tert-OH is 1. The van der Waals surface area contributed by atoms with Crippen LogP contribution in [0.5, 0.6) is 5.75 Å². The van der Waals surface area contributed by atoms with E-state index in [0.29, 0.717) is 0 Å². The van der Waals surface area contributed by atoms with Crippen LogP contribution in [0.25, 0.3) is 0 Å². The summed E-state index contributed by atoms with van der Waals surface area (Å²) in [6, 6.07) is 12.3. The van der Waals surface area contributed by atoms with Crippen molar-refractivity contribution in [3.8, 4) is 5.75 Å². The zero-order valence-electron chi connectivity index (χ0n) is 13.5. The molecule has 5 heteroatoms. The minimum Gasteiger partial charge on any atom is -0.497 e. The Balaban J connectivity index is 1.44. The Morgan fingerprint density at radius 1 is 1.13 bits per heavy atom. The van der Waals surface area contributed by atoms with Crippen LogP contribution < -0.4 is 9.64 Å². The molecule has 1 aliphatic rings.